The van der Waals surface area contributed by atoms with Gasteiger partial charge in [0.05, 0.1) is 11.1 Å². The van der Waals surface area contributed by atoms with E-state index >= 15 is 0 Å². The standard InChI is InChI=1S/C22H30N8O3/c31-19-10-9-18(30(32)33)15-17(19)16-23-27-20-24-21(28-11-5-1-2-6-12-28)26-22(25-20)29-13-7-3-4-8-14-29/h9-10,15-16,31H,1-8,11-14H2,(H,24,25,26,27). The summed E-state index contributed by atoms with van der Waals surface area (Å²) < 4.78 is 0. The normalized spacial score (nSPS) is 17.6. The van der Waals surface area contributed by atoms with Crippen molar-refractivity contribution in [2.45, 2.75) is 51.4 Å². The summed E-state index contributed by atoms with van der Waals surface area (Å²) in [5, 5.41) is 25.1. The number of aromatic hydroxyl groups is 1. The summed E-state index contributed by atoms with van der Waals surface area (Å²) in [5.74, 6) is 1.49. The number of nitro groups is 1. The minimum absolute atomic E-state index is 0.0997. The zero-order chi connectivity index (χ0) is 23.0. The van der Waals surface area contributed by atoms with Gasteiger partial charge in [0.2, 0.25) is 17.8 Å². The van der Waals surface area contributed by atoms with Crippen LogP contribution in [-0.4, -0.2) is 57.4 Å². The highest BCUT2D eigenvalue weighted by Crippen LogP contribution is 2.23. The van der Waals surface area contributed by atoms with E-state index in [9.17, 15) is 15.2 Å². The summed E-state index contributed by atoms with van der Waals surface area (Å²) in [7, 11) is 0. The zero-order valence-corrected chi connectivity index (χ0v) is 18.7. The first kappa shape index (κ1) is 22.7. The predicted octanol–water partition coefficient (Wildman–Crippen LogP) is 3.69. The maximum atomic E-state index is 11.0. The fraction of sp³-hybridized carbons (Fsp3) is 0.545. The van der Waals surface area contributed by atoms with Gasteiger partial charge in [0.1, 0.15) is 5.75 Å². The quantitative estimate of drug-likeness (QED) is 0.381. The Hall–Kier alpha value is -3.50. The van der Waals surface area contributed by atoms with Crippen molar-refractivity contribution in [3.8, 4) is 5.75 Å². The van der Waals surface area contributed by atoms with Crippen LogP contribution >= 0.6 is 0 Å². The molecule has 2 saturated heterocycles. The van der Waals surface area contributed by atoms with Gasteiger partial charge in [-0.05, 0) is 31.7 Å². The SMILES string of the molecule is O=[N+]([O-])c1ccc(O)c(C=NNc2nc(N3CCCCCC3)nc(N3CCCCCC3)n2)c1. The monoisotopic (exact) mass is 454 g/mol. The highest BCUT2D eigenvalue weighted by Gasteiger charge is 2.19. The maximum absolute atomic E-state index is 11.0. The van der Waals surface area contributed by atoms with Crippen molar-refractivity contribution in [1.82, 2.24) is 15.0 Å². The molecule has 2 aromatic rings. The summed E-state index contributed by atoms with van der Waals surface area (Å²) in [5.41, 5.74) is 2.94. The number of non-ortho nitro benzene ring substituents is 1. The molecule has 11 heteroatoms. The molecule has 0 saturated carbocycles. The summed E-state index contributed by atoms with van der Waals surface area (Å²) in [6.07, 6.45) is 10.6. The van der Waals surface area contributed by atoms with Crippen LogP contribution in [0.25, 0.3) is 0 Å². The number of nitrogens with one attached hydrogen (secondary N) is 1. The number of benzene rings is 1. The Morgan fingerprint density at radius 1 is 0.909 bits per heavy atom. The average molecular weight is 455 g/mol. The molecule has 0 bridgehead atoms. The zero-order valence-electron chi connectivity index (χ0n) is 18.7. The van der Waals surface area contributed by atoms with Crippen molar-refractivity contribution in [1.29, 1.82) is 0 Å². The minimum Gasteiger partial charge on any atom is -0.507 e. The van der Waals surface area contributed by atoms with E-state index in [1.165, 1.54) is 50.1 Å². The van der Waals surface area contributed by atoms with E-state index in [-0.39, 0.29) is 17.0 Å². The first-order valence-corrected chi connectivity index (χ1v) is 11.6. The second kappa shape index (κ2) is 10.9. The number of anilines is 3. The molecule has 0 aliphatic carbocycles. The van der Waals surface area contributed by atoms with Crippen LogP contribution in [0.5, 0.6) is 5.75 Å². The molecule has 33 heavy (non-hydrogen) atoms. The Kier molecular flexibility index (Phi) is 7.48. The first-order chi connectivity index (χ1) is 16.1. The van der Waals surface area contributed by atoms with Crippen LogP contribution in [0, 0.1) is 10.1 Å². The number of aromatic nitrogens is 3. The van der Waals surface area contributed by atoms with Gasteiger partial charge in [-0.25, -0.2) is 5.43 Å². The van der Waals surface area contributed by atoms with Crippen LogP contribution in [-0.2, 0) is 0 Å². The molecule has 0 amide bonds. The van der Waals surface area contributed by atoms with E-state index < -0.39 is 4.92 Å². The third-order valence-corrected chi connectivity index (χ3v) is 5.98. The minimum atomic E-state index is -0.517. The molecule has 0 unspecified atom stereocenters. The average Bonchev–Trinajstić information content (AvgIpc) is 3.26. The molecule has 2 N–H and O–H groups in total. The van der Waals surface area contributed by atoms with Crippen LogP contribution in [0.15, 0.2) is 23.3 Å². The molecule has 0 radical (unpaired) electrons. The van der Waals surface area contributed by atoms with Crippen LogP contribution in [0.2, 0.25) is 0 Å². The lowest BCUT2D eigenvalue weighted by Gasteiger charge is -2.24. The lowest BCUT2D eigenvalue weighted by atomic mass is 10.2. The molecular weight excluding hydrogens is 424 g/mol. The van der Waals surface area contributed by atoms with Gasteiger partial charge in [0, 0.05) is 43.9 Å². The van der Waals surface area contributed by atoms with Crippen LogP contribution in [0.3, 0.4) is 0 Å². The molecule has 1 aromatic heterocycles. The highest BCUT2D eigenvalue weighted by molar-refractivity contribution is 5.84. The van der Waals surface area contributed by atoms with Crippen LogP contribution in [0.4, 0.5) is 23.5 Å². The molecule has 2 aliphatic heterocycles. The van der Waals surface area contributed by atoms with E-state index in [0.717, 1.165) is 51.9 Å². The number of rotatable bonds is 6. The van der Waals surface area contributed by atoms with Crippen molar-refractivity contribution in [2.24, 2.45) is 5.10 Å². The Morgan fingerprint density at radius 2 is 1.45 bits per heavy atom. The van der Waals surface area contributed by atoms with Gasteiger partial charge < -0.3 is 14.9 Å². The smallest absolute Gasteiger partial charge is 0.270 e. The molecule has 11 nitrogen and oxygen atoms in total. The Labute approximate surface area is 192 Å². The third kappa shape index (κ3) is 6.05. The molecule has 0 atom stereocenters. The van der Waals surface area contributed by atoms with Gasteiger partial charge in [-0.2, -0.15) is 20.1 Å². The molecule has 2 aliphatic rings. The van der Waals surface area contributed by atoms with E-state index in [1.807, 2.05) is 0 Å². The van der Waals surface area contributed by atoms with Crippen molar-refractivity contribution in [3.63, 3.8) is 0 Å². The third-order valence-electron chi connectivity index (χ3n) is 5.98. The van der Waals surface area contributed by atoms with E-state index in [0.29, 0.717) is 17.8 Å². The largest absolute Gasteiger partial charge is 0.507 e. The van der Waals surface area contributed by atoms with E-state index in [4.69, 9.17) is 4.98 Å². The van der Waals surface area contributed by atoms with Gasteiger partial charge in [0.25, 0.3) is 5.69 Å². The number of phenols is 1. The van der Waals surface area contributed by atoms with Crippen LogP contribution < -0.4 is 15.2 Å². The van der Waals surface area contributed by atoms with Gasteiger partial charge in [-0.1, -0.05) is 25.7 Å². The number of hydrogen-bond acceptors (Lipinski definition) is 10. The summed E-state index contributed by atoms with van der Waals surface area (Å²) in [6, 6.07) is 3.78. The molecule has 176 valence electrons. The van der Waals surface area contributed by atoms with Crippen molar-refractivity contribution < 1.29 is 10.0 Å². The Balaban J connectivity index is 1.58. The lowest BCUT2D eigenvalue weighted by Crippen LogP contribution is -2.30. The summed E-state index contributed by atoms with van der Waals surface area (Å²) in [6.45, 7) is 3.64. The van der Waals surface area contributed by atoms with Crippen molar-refractivity contribution in [2.75, 3.05) is 41.4 Å². The fourth-order valence-electron chi connectivity index (χ4n) is 4.15. The molecule has 4 rings (SSSR count). The van der Waals surface area contributed by atoms with Gasteiger partial charge >= 0.3 is 0 Å². The second-order valence-corrected chi connectivity index (χ2v) is 8.43. The summed E-state index contributed by atoms with van der Waals surface area (Å²) in [4.78, 5) is 28.9. The van der Waals surface area contributed by atoms with E-state index in [2.05, 4.69) is 30.3 Å². The first-order valence-electron chi connectivity index (χ1n) is 11.6. The molecular formula is C22H30N8O3. The van der Waals surface area contributed by atoms with Crippen molar-refractivity contribution >= 4 is 29.7 Å². The second-order valence-electron chi connectivity index (χ2n) is 8.43. The number of nitro benzene ring substituents is 1. The highest BCUT2D eigenvalue weighted by atomic mass is 16.6. The molecule has 2 fully saturated rings. The summed E-state index contributed by atoms with van der Waals surface area (Å²) >= 11 is 0. The Bertz CT molecular complexity index is 945. The number of hydrogen-bond donors (Lipinski definition) is 2. The van der Waals surface area contributed by atoms with Gasteiger partial charge in [0.15, 0.2) is 0 Å². The molecule has 3 heterocycles. The van der Waals surface area contributed by atoms with Crippen molar-refractivity contribution in [3.05, 3.63) is 33.9 Å². The maximum Gasteiger partial charge on any atom is 0.270 e. The number of hydrazone groups is 1. The molecule has 0 spiro atoms. The number of phenolic OH excluding ortho intramolecular Hbond substituents is 1. The van der Waals surface area contributed by atoms with Gasteiger partial charge in [-0.3, -0.25) is 10.1 Å². The number of nitrogens with zero attached hydrogens (tertiary/aromatic N) is 7. The molecule has 1 aromatic carbocycles. The van der Waals surface area contributed by atoms with E-state index in [1.54, 1.807) is 0 Å². The van der Waals surface area contributed by atoms with Gasteiger partial charge in [-0.15, -0.1) is 0 Å². The topological polar surface area (TPSA) is 133 Å². The van der Waals surface area contributed by atoms with Crippen LogP contribution in [0.1, 0.15) is 56.9 Å². The lowest BCUT2D eigenvalue weighted by molar-refractivity contribution is -0.384. The Morgan fingerprint density at radius 3 is 1.97 bits per heavy atom. The fourth-order valence-corrected chi connectivity index (χ4v) is 4.15. The predicted molar refractivity (Wildman–Crippen MR) is 127 cm³/mol.